The summed E-state index contributed by atoms with van der Waals surface area (Å²) in [5.41, 5.74) is 0.746. The molecule has 0 aromatic heterocycles. The highest BCUT2D eigenvalue weighted by Gasteiger charge is 2.20. The second-order valence-electron chi connectivity index (χ2n) is 5.62. The topological polar surface area (TPSA) is 58.2 Å². The molecule has 120 valence electrons. The Balaban J connectivity index is 2.91. The van der Waals surface area contributed by atoms with E-state index in [2.05, 4.69) is 10.0 Å². The van der Waals surface area contributed by atoms with Crippen molar-refractivity contribution in [2.75, 3.05) is 13.1 Å². The molecule has 1 unspecified atom stereocenters. The lowest BCUT2D eigenvalue weighted by molar-refractivity contribution is 0.414. The first-order valence-corrected chi connectivity index (χ1v) is 8.75. The molecule has 0 saturated heterocycles. The fourth-order valence-corrected chi connectivity index (χ4v) is 2.96. The summed E-state index contributed by atoms with van der Waals surface area (Å²) in [6, 6.07) is 4.18. The van der Waals surface area contributed by atoms with Crippen LogP contribution in [0.2, 0.25) is 0 Å². The lowest BCUT2D eigenvalue weighted by Crippen LogP contribution is -2.31. The Labute approximate surface area is 127 Å². The summed E-state index contributed by atoms with van der Waals surface area (Å²) in [6.45, 7) is 9.55. The van der Waals surface area contributed by atoms with Gasteiger partial charge in [0.05, 0.1) is 0 Å². The van der Waals surface area contributed by atoms with Crippen LogP contribution in [0, 0.1) is 17.7 Å². The summed E-state index contributed by atoms with van der Waals surface area (Å²) < 4.78 is 40.8. The maximum Gasteiger partial charge on any atom is 0.243 e. The highest BCUT2D eigenvalue weighted by Crippen LogP contribution is 2.17. The molecule has 0 radical (unpaired) electrons. The Hall–Kier alpha value is -0.980. The van der Waals surface area contributed by atoms with Crippen molar-refractivity contribution in [1.29, 1.82) is 0 Å². The molecule has 1 rings (SSSR count). The summed E-state index contributed by atoms with van der Waals surface area (Å²) >= 11 is 0. The molecule has 0 amide bonds. The van der Waals surface area contributed by atoms with Crippen LogP contribution in [0.3, 0.4) is 0 Å². The predicted molar refractivity (Wildman–Crippen MR) is 83.0 cm³/mol. The molecular formula is C15H25FN2O2S. The van der Waals surface area contributed by atoms with E-state index in [1.165, 1.54) is 12.1 Å². The second kappa shape index (κ2) is 7.87. The highest BCUT2D eigenvalue weighted by atomic mass is 32.2. The smallest absolute Gasteiger partial charge is 0.243 e. The van der Waals surface area contributed by atoms with Crippen LogP contribution in [0.15, 0.2) is 23.1 Å². The van der Waals surface area contributed by atoms with Crippen LogP contribution in [0.1, 0.15) is 33.3 Å². The molecule has 0 aliphatic heterocycles. The van der Waals surface area contributed by atoms with E-state index in [-0.39, 0.29) is 10.8 Å². The molecule has 1 aromatic rings. The molecule has 21 heavy (non-hydrogen) atoms. The molecule has 1 aromatic carbocycles. The molecule has 0 saturated carbocycles. The summed E-state index contributed by atoms with van der Waals surface area (Å²) in [6.07, 6.45) is 0. The second-order valence-corrected chi connectivity index (χ2v) is 7.35. The minimum absolute atomic E-state index is 0.188. The van der Waals surface area contributed by atoms with Crippen molar-refractivity contribution in [2.45, 2.75) is 39.1 Å². The van der Waals surface area contributed by atoms with E-state index in [1.54, 1.807) is 6.07 Å². The summed E-state index contributed by atoms with van der Waals surface area (Å²) in [5, 5.41) is 3.09. The van der Waals surface area contributed by atoms with Crippen LogP contribution in [0.5, 0.6) is 0 Å². The molecule has 1 atom stereocenters. The standard InChI is InChI=1S/C15H25FN2O2S/c1-5-17-10-13-6-7-14(16)15(8-13)21(19,20)18-9-12(4)11(2)3/h6-8,11-12,17-18H,5,9-10H2,1-4H3. The van der Waals surface area contributed by atoms with Gasteiger partial charge in [-0.3, -0.25) is 0 Å². The Morgan fingerprint density at radius 3 is 2.48 bits per heavy atom. The number of benzene rings is 1. The van der Waals surface area contributed by atoms with Crippen molar-refractivity contribution >= 4 is 10.0 Å². The van der Waals surface area contributed by atoms with Crippen LogP contribution >= 0.6 is 0 Å². The number of hydrogen-bond acceptors (Lipinski definition) is 3. The van der Waals surface area contributed by atoms with Crippen molar-refractivity contribution in [2.24, 2.45) is 11.8 Å². The van der Waals surface area contributed by atoms with Crippen molar-refractivity contribution in [3.8, 4) is 0 Å². The van der Waals surface area contributed by atoms with Crippen molar-refractivity contribution in [3.63, 3.8) is 0 Å². The monoisotopic (exact) mass is 316 g/mol. The Morgan fingerprint density at radius 1 is 1.24 bits per heavy atom. The molecule has 4 nitrogen and oxygen atoms in total. The van der Waals surface area contributed by atoms with Gasteiger partial charge >= 0.3 is 0 Å². The zero-order chi connectivity index (χ0) is 16.0. The largest absolute Gasteiger partial charge is 0.313 e. The molecule has 0 aliphatic carbocycles. The zero-order valence-corrected chi connectivity index (χ0v) is 13.9. The minimum atomic E-state index is -3.82. The van der Waals surface area contributed by atoms with Gasteiger partial charge in [0, 0.05) is 13.1 Å². The lowest BCUT2D eigenvalue weighted by Gasteiger charge is -2.16. The number of rotatable bonds is 8. The van der Waals surface area contributed by atoms with Crippen LogP contribution in [0.25, 0.3) is 0 Å². The zero-order valence-electron chi connectivity index (χ0n) is 13.1. The Morgan fingerprint density at radius 2 is 1.90 bits per heavy atom. The van der Waals surface area contributed by atoms with Crippen LogP contribution in [-0.2, 0) is 16.6 Å². The van der Waals surface area contributed by atoms with E-state index >= 15 is 0 Å². The first-order valence-electron chi connectivity index (χ1n) is 7.26. The van der Waals surface area contributed by atoms with Gasteiger partial charge in [-0.15, -0.1) is 0 Å². The van der Waals surface area contributed by atoms with Gasteiger partial charge < -0.3 is 5.32 Å². The Kier molecular flexibility index (Phi) is 6.77. The van der Waals surface area contributed by atoms with Gasteiger partial charge in [-0.2, -0.15) is 0 Å². The lowest BCUT2D eigenvalue weighted by atomic mass is 9.99. The number of hydrogen-bond donors (Lipinski definition) is 2. The molecule has 0 aliphatic rings. The van der Waals surface area contributed by atoms with Gasteiger partial charge in [0.2, 0.25) is 10.0 Å². The van der Waals surface area contributed by atoms with Gasteiger partial charge in [0.1, 0.15) is 10.7 Å². The molecule has 0 heterocycles. The van der Waals surface area contributed by atoms with E-state index in [4.69, 9.17) is 0 Å². The normalized spacial score (nSPS) is 13.6. The third-order valence-electron chi connectivity index (χ3n) is 3.60. The maximum absolute atomic E-state index is 13.8. The number of nitrogens with one attached hydrogen (secondary N) is 2. The highest BCUT2D eigenvalue weighted by molar-refractivity contribution is 7.89. The van der Waals surface area contributed by atoms with Crippen molar-refractivity contribution < 1.29 is 12.8 Å². The third kappa shape index (κ3) is 5.37. The van der Waals surface area contributed by atoms with E-state index < -0.39 is 15.8 Å². The molecular weight excluding hydrogens is 291 g/mol. The Bertz CT molecular complexity index is 559. The van der Waals surface area contributed by atoms with E-state index in [0.29, 0.717) is 19.0 Å². The van der Waals surface area contributed by atoms with E-state index in [1.807, 2.05) is 27.7 Å². The number of sulfonamides is 1. The molecule has 0 spiro atoms. The maximum atomic E-state index is 13.8. The SMILES string of the molecule is CCNCc1ccc(F)c(S(=O)(=O)NCC(C)C(C)C)c1. The molecule has 6 heteroatoms. The van der Waals surface area contributed by atoms with Crippen LogP contribution in [0.4, 0.5) is 4.39 Å². The summed E-state index contributed by atoms with van der Waals surface area (Å²) in [4.78, 5) is -0.283. The minimum Gasteiger partial charge on any atom is -0.313 e. The van der Waals surface area contributed by atoms with Gasteiger partial charge in [-0.1, -0.05) is 33.8 Å². The van der Waals surface area contributed by atoms with Gasteiger partial charge in [0.15, 0.2) is 0 Å². The number of halogens is 1. The van der Waals surface area contributed by atoms with Gasteiger partial charge in [-0.05, 0) is 36.1 Å². The molecule has 0 bridgehead atoms. The van der Waals surface area contributed by atoms with E-state index in [9.17, 15) is 12.8 Å². The first-order chi connectivity index (χ1) is 9.77. The average Bonchev–Trinajstić information content (AvgIpc) is 2.43. The third-order valence-corrected chi connectivity index (χ3v) is 5.04. The van der Waals surface area contributed by atoms with E-state index in [0.717, 1.165) is 12.1 Å². The average molecular weight is 316 g/mol. The van der Waals surface area contributed by atoms with Gasteiger partial charge in [0.25, 0.3) is 0 Å². The van der Waals surface area contributed by atoms with Crippen molar-refractivity contribution in [3.05, 3.63) is 29.6 Å². The fraction of sp³-hybridized carbons (Fsp3) is 0.600. The summed E-state index contributed by atoms with van der Waals surface area (Å²) in [7, 11) is -3.82. The summed E-state index contributed by atoms with van der Waals surface area (Å²) in [5.74, 6) is -0.176. The molecule has 0 fully saturated rings. The first kappa shape index (κ1) is 18.1. The molecule has 2 N–H and O–H groups in total. The quantitative estimate of drug-likeness (QED) is 0.775. The van der Waals surface area contributed by atoms with Gasteiger partial charge in [-0.25, -0.2) is 17.5 Å². The fourth-order valence-electron chi connectivity index (χ4n) is 1.69. The van der Waals surface area contributed by atoms with Crippen LogP contribution in [-0.4, -0.2) is 21.5 Å². The predicted octanol–water partition coefficient (Wildman–Crippen LogP) is 2.51. The van der Waals surface area contributed by atoms with Crippen molar-refractivity contribution in [1.82, 2.24) is 10.0 Å². The van der Waals surface area contributed by atoms with Crippen LogP contribution < -0.4 is 10.0 Å².